The minimum absolute atomic E-state index is 0.0255. The van der Waals surface area contributed by atoms with Crippen molar-refractivity contribution in [1.82, 2.24) is 15.1 Å². The van der Waals surface area contributed by atoms with E-state index in [2.05, 4.69) is 10.4 Å². The van der Waals surface area contributed by atoms with Crippen LogP contribution in [-0.4, -0.2) is 15.7 Å². The lowest BCUT2D eigenvalue weighted by molar-refractivity contribution is -0.143. The molecule has 1 atom stereocenters. The number of hydrogen-bond donors (Lipinski definition) is 1. The first-order chi connectivity index (χ1) is 13.6. The Labute approximate surface area is 166 Å². The number of hydrogen-bond acceptors (Lipinski definition) is 2. The van der Waals surface area contributed by atoms with Crippen LogP contribution in [0, 0.1) is 11.6 Å². The molecular formula is C19H13ClF5N3O. The lowest BCUT2D eigenvalue weighted by atomic mass is 10.1. The zero-order valence-corrected chi connectivity index (χ0v) is 15.5. The Morgan fingerprint density at radius 2 is 1.86 bits per heavy atom. The van der Waals surface area contributed by atoms with E-state index in [1.807, 2.05) is 0 Å². The van der Waals surface area contributed by atoms with Crippen molar-refractivity contribution in [3.8, 4) is 5.69 Å². The van der Waals surface area contributed by atoms with Crippen LogP contribution in [0.3, 0.4) is 0 Å². The molecule has 1 amide bonds. The highest BCUT2D eigenvalue weighted by Crippen LogP contribution is 2.34. The van der Waals surface area contributed by atoms with E-state index in [1.54, 1.807) is 0 Å². The van der Waals surface area contributed by atoms with Gasteiger partial charge in [-0.3, -0.25) is 4.79 Å². The van der Waals surface area contributed by atoms with Crippen LogP contribution in [0.1, 0.15) is 34.6 Å². The summed E-state index contributed by atoms with van der Waals surface area (Å²) in [7, 11) is 0. The van der Waals surface area contributed by atoms with Crippen molar-refractivity contribution in [3.05, 3.63) is 82.1 Å². The molecule has 1 N–H and O–H groups in total. The zero-order chi connectivity index (χ0) is 21.3. The van der Waals surface area contributed by atoms with E-state index >= 15 is 0 Å². The molecule has 29 heavy (non-hydrogen) atoms. The number of amides is 1. The van der Waals surface area contributed by atoms with Crippen LogP contribution in [0.4, 0.5) is 22.0 Å². The molecule has 0 saturated carbocycles. The highest BCUT2D eigenvalue weighted by Gasteiger charge is 2.40. The summed E-state index contributed by atoms with van der Waals surface area (Å²) in [6.07, 6.45) is -4.10. The predicted molar refractivity (Wildman–Crippen MR) is 95.8 cm³/mol. The highest BCUT2D eigenvalue weighted by atomic mass is 35.5. The average Bonchev–Trinajstić information content (AvgIpc) is 3.09. The summed E-state index contributed by atoms with van der Waals surface area (Å²) in [6, 6.07) is 7.64. The van der Waals surface area contributed by atoms with Crippen molar-refractivity contribution in [2.75, 3.05) is 0 Å². The van der Waals surface area contributed by atoms with Crippen LogP contribution in [0.25, 0.3) is 5.69 Å². The molecule has 0 spiro atoms. The maximum absolute atomic E-state index is 13.7. The lowest BCUT2D eigenvalue weighted by Crippen LogP contribution is -2.29. The maximum Gasteiger partial charge on any atom is 0.434 e. The Balaban J connectivity index is 1.95. The monoisotopic (exact) mass is 429 g/mol. The van der Waals surface area contributed by atoms with Gasteiger partial charge in [0.15, 0.2) is 17.3 Å². The van der Waals surface area contributed by atoms with Gasteiger partial charge in [-0.05, 0) is 42.8 Å². The topological polar surface area (TPSA) is 46.9 Å². The molecule has 2 aromatic carbocycles. The number of benzene rings is 2. The van der Waals surface area contributed by atoms with Gasteiger partial charge in [0, 0.05) is 5.02 Å². The molecule has 0 aliphatic carbocycles. The second kappa shape index (κ2) is 7.82. The van der Waals surface area contributed by atoms with Gasteiger partial charge in [0.25, 0.3) is 5.91 Å². The molecule has 152 valence electrons. The molecule has 4 nitrogen and oxygen atoms in total. The number of alkyl halides is 3. The summed E-state index contributed by atoms with van der Waals surface area (Å²) in [5, 5.41) is 6.23. The van der Waals surface area contributed by atoms with Crippen LogP contribution in [-0.2, 0) is 6.18 Å². The summed E-state index contributed by atoms with van der Waals surface area (Å²) in [5.74, 6) is -3.27. The quantitative estimate of drug-likeness (QED) is 0.571. The smallest absolute Gasteiger partial charge is 0.345 e. The zero-order valence-electron chi connectivity index (χ0n) is 14.8. The van der Waals surface area contributed by atoms with Crippen molar-refractivity contribution < 1.29 is 26.7 Å². The van der Waals surface area contributed by atoms with Gasteiger partial charge in [0.1, 0.15) is 0 Å². The first-order valence-corrected chi connectivity index (χ1v) is 8.62. The van der Waals surface area contributed by atoms with E-state index in [0.29, 0.717) is 4.68 Å². The van der Waals surface area contributed by atoms with E-state index in [0.717, 1.165) is 18.3 Å². The Morgan fingerprint density at radius 1 is 1.14 bits per heavy atom. The SMILES string of the molecule is CC(NC(=O)c1cnn(-c2cccc(Cl)c2)c1C(F)(F)F)c1ccc(F)c(F)c1. The number of nitrogens with one attached hydrogen (secondary N) is 1. The van der Waals surface area contributed by atoms with Gasteiger partial charge in [0.2, 0.25) is 0 Å². The number of rotatable bonds is 4. The molecule has 0 fully saturated rings. The van der Waals surface area contributed by atoms with Crippen LogP contribution >= 0.6 is 11.6 Å². The van der Waals surface area contributed by atoms with Gasteiger partial charge in [0.05, 0.1) is 23.5 Å². The molecule has 1 aromatic heterocycles. The average molecular weight is 430 g/mol. The van der Waals surface area contributed by atoms with Crippen molar-refractivity contribution >= 4 is 17.5 Å². The first kappa shape index (κ1) is 20.8. The summed E-state index contributed by atoms with van der Waals surface area (Å²) >= 11 is 5.83. The van der Waals surface area contributed by atoms with Crippen LogP contribution in [0.2, 0.25) is 5.02 Å². The predicted octanol–water partition coefficient (Wildman–Crippen LogP) is 5.31. The van der Waals surface area contributed by atoms with Gasteiger partial charge in [-0.1, -0.05) is 23.7 Å². The normalized spacial score (nSPS) is 12.7. The third kappa shape index (κ3) is 4.40. The van der Waals surface area contributed by atoms with Gasteiger partial charge in [-0.15, -0.1) is 0 Å². The molecule has 3 aromatic rings. The van der Waals surface area contributed by atoms with Crippen molar-refractivity contribution in [2.24, 2.45) is 0 Å². The number of nitrogens with zero attached hydrogens (tertiary/aromatic N) is 2. The van der Waals surface area contributed by atoms with Gasteiger partial charge in [-0.2, -0.15) is 18.3 Å². The van der Waals surface area contributed by atoms with Gasteiger partial charge < -0.3 is 5.32 Å². The second-order valence-electron chi connectivity index (χ2n) is 6.16. The van der Waals surface area contributed by atoms with Crippen molar-refractivity contribution in [2.45, 2.75) is 19.1 Å². The van der Waals surface area contributed by atoms with Crippen molar-refractivity contribution in [1.29, 1.82) is 0 Å². The Morgan fingerprint density at radius 3 is 2.48 bits per heavy atom. The van der Waals surface area contributed by atoms with Gasteiger partial charge >= 0.3 is 6.18 Å². The molecule has 3 rings (SSSR count). The minimum Gasteiger partial charge on any atom is -0.345 e. The fourth-order valence-electron chi connectivity index (χ4n) is 2.73. The van der Waals surface area contributed by atoms with E-state index in [9.17, 15) is 26.7 Å². The first-order valence-electron chi connectivity index (χ1n) is 8.25. The fourth-order valence-corrected chi connectivity index (χ4v) is 2.91. The maximum atomic E-state index is 13.7. The summed E-state index contributed by atoms with van der Waals surface area (Å²) < 4.78 is 68.1. The molecule has 10 heteroatoms. The number of halogens is 6. The summed E-state index contributed by atoms with van der Waals surface area (Å²) in [4.78, 5) is 12.5. The van der Waals surface area contributed by atoms with E-state index in [4.69, 9.17) is 11.6 Å². The number of aromatic nitrogens is 2. The van der Waals surface area contributed by atoms with E-state index in [-0.39, 0.29) is 16.3 Å². The molecule has 0 aliphatic heterocycles. The van der Waals surface area contributed by atoms with Crippen LogP contribution < -0.4 is 5.32 Å². The van der Waals surface area contributed by atoms with Crippen LogP contribution in [0.5, 0.6) is 0 Å². The second-order valence-corrected chi connectivity index (χ2v) is 6.60. The lowest BCUT2D eigenvalue weighted by Gasteiger charge is -2.16. The molecule has 1 unspecified atom stereocenters. The van der Waals surface area contributed by atoms with Gasteiger partial charge in [-0.25, -0.2) is 13.5 Å². The molecular weight excluding hydrogens is 417 g/mol. The molecule has 0 radical (unpaired) electrons. The Bertz CT molecular complexity index is 1060. The Kier molecular flexibility index (Phi) is 5.61. The van der Waals surface area contributed by atoms with E-state index < -0.39 is 41.0 Å². The fraction of sp³-hybridized carbons (Fsp3) is 0.158. The molecule has 0 bridgehead atoms. The van der Waals surface area contributed by atoms with Crippen LogP contribution in [0.15, 0.2) is 48.7 Å². The highest BCUT2D eigenvalue weighted by molar-refractivity contribution is 6.30. The molecule has 1 heterocycles. The minimum atomic E-state index is -4.89. The standard InChI is InChI=1S/C19H13ClF5N3O/c1-10(11-5-6-15(21)16(22)7-11)27-18(29)14-9-26-28(17(14)19(23,24)25)13-4-2-3-12(20)8-13/h2-10H,1H3,(H,27,29). The summed E-state index contributed by atoms with van der Waals surface area (Å²) in [6.45, 7) is 1.43. The Hall–Kier alpha value is -2.94. The summed E-state index contributed by atoms with van der Waals surface area (Å²) in [5.41, 5.74) is -1.78. The third-order valence-corrected chi connectivity index (χ3v) is 4.36. The number of carbonyl (C=O) groups is 1. The van der Waals surface area contributed by atoms with Crippen molar-refractivity contribution in [3.63, 3.8) is 0 Å². The number of carbonyl (C=O) groups excluding carboxylic acids is 1. The third-order valence-electron chi connectivity index (χ3n) is 4.13. The largest absolute Gasteiger partial charge is 0.434 e. The molecule has 0 saturated heterocycles. The molecule has 0 aliphatic rings. The van der Waals surface area contributed by atoms with E-state index in [1.165, 1.54) is 37.3 Å².